The summed E-state index contributed by atoms with van der Waals surface area (Å²) >= 11 is 0. The first-order valence-electron chi connectivity index (χ1n) is 7.38. The van der Waals surface area contributed by atoms with Crippen molar-refractivity contribution < 1.29 is 17.9 Å². The molecule has 0 aliphatic heterocycles. The summed E-state index contributed by atoms with van der Waals surface area (Å²) in [7, 11) is -0.584. The predicted molar refractivity (Wildman–Crippen MR) is 84.3 cm³/mol. The molecule has 1 saturated carbocycles. The largest absolute Gasteiger partial charge is 0.453 e. The van der Waals surface area contributed by atoms with Crippen LogP contribution in [0.5, 0.6) is 0 Å². The van der Waals surface area contributed by atoms with E-state index in [0.717, 1.165) is 25.7 Å². The topological polar surface area (TPSA) is 75.7 Å². The summed E-state index contributed by atoms with van der Waals surface area (Å²) in [6.07, 6.45) is 4.57. The molecule has 1 aromatic rings. The number of amides is 1. The van der Waals surface area contributed by atoms with Crippen molar-refractivity contribution in [1.29, 1.82) is 0 Å². The monoisotopic (exact) mass is 326 g/mol. The van der Waals surface area contributed by atoms with Crippen molar-refractivity contribution in [2.45, 2.75) is 43.0 Å². The number of benzene rings is 1. The number of carbonyl (C=O) groups is 1. The highest BCUT2D eigenvalue weighted by atomic mass is 32.2. The summed E-state index contributed by atoms with van der Waals surface area (Å²) in [5, 5.41) is 2.49. The second kappa shape index (κ2) is 7.11. The predicted octanol–water partition coefficient (Wildman–Crippen LogP) is 2.82. The maximum absolute atomic E-state index is 12.6. The van der Waals surface area contributed by atoms with Gasteiger partial charge in [0.1, 0.15) is 0 Å². The Labute approximate surface area is 131 Å². The third-order valence-corrected chi connectivity index (χ3v) is 5.98. The quantitative estimate of drug-likeness (QED) is 0.923. The van der Waals surface area contributed by atoms with Gasteiger partial charge in [-0.2, -0.15) is 4.31 Å². The molecule has 1 aliphatic carbocycles. The Morgan fingerprint density at radius 3 is 2.32 bits per heavy atom. The number of methoxy groups -OCH3 is 1. The molecule has 2 rings (SSSR count). The van der Waals surface area contributed by atoms with Crippen molar-refractivity contribution in [3.63, 3.8) is 0 Å². The van der Waals surface area contributed by atoms with Gasteiger partial charge in [-0.1, -0.05) is 19.3 Å². The number of hydrogen-bond acceptors (Lipinski definition) is 4. The zero-order chi connectivity index (χ0) is 16.2. The van der Waals surface area contributed by atoms with E-state index < -0.39 is 16.1 Å². The molecule has 22 heavy (non-hydrogen) atoms. The number of carbonyl (C=O) groups excluding carboxylic acids is 1. The average Bonchev–Trinajstić information content (AvgIpc) is 2.55. The SMILES string of the molecule is COC(=O)Nc1ccc(S(=O)(=O)N(C)C2CCCCC2)cc1. The van der Waals surface area contributed by atoms with E-state index in [4.69, 9.17) is 0 Å². The van der Waals surface area contributed by atoms with Crippen LogP contribution in [0.2, 0.25) is 0 Å². The minimum absolute atomic E-state index is 0.0756. The molecular weight excluding hydrogens is 304 g/mol. The summed E-state index contributed by atoms with van der Waals surface area (Å²) in [6, 6.07) is 6.18. The van der Waals surface area contributed by atoms with E-state index in [9.17, 15) is 13.2 Å². The smallest absolute Gasteiger partial charge is 0.411 e. The zero-order valence-corrected chi connectivity index (χ0v) is 13.7. The van der Waals surface area contributed by atoms with Gasteiger partial charge in [0.25, 0.3) is 0 Å². The Hall–Kier alpha value is -1.60. The Balaban J connectivity index is 2.13. The highest BCUT2D eigenvalue weighted by Crippen LogP contribution is 2.26. The zero-order valence-electron chi connectivity index (χ0n) is 12.9. The van der Waals surface area contributed by atoms with Crippen molar-refractivity contribution in [1.82, 2.24) is 4.31 Å². The third-order valence-electron chi connectivity index (χ3n) is 4.05. The van der Waals surface area contributed by atoms with Gasteiger partial charge < -0.3 is 4.74 Å². The molecule has 0 saturated heterocycles. The van der Waals surface area contributed by atoms with E-state index in [2.05, 4.69) is 10.1 Å². The molecule has 1 N–H and O–H groups in total. The van der Waals surface area contributed by atoms with Crippen LogP contribution < -0.4 is 5.32 Å². The fraction of sp³-hybridized carbons (Fsp3) is 0.533. The van der Waals surface area contributed by atoms with Crippen molar-refractivity contribution in [3.05, 3.63) is 24.3 Å². The lowest BCUT2D eigenvalue weighted by Crippen LogP contribution is -2.38. The summed E-state index contributed by atoms with van der Waals surface area (Å²) in [6.45, 7) is 0. The van der Waals surface area contributed by atoms with Crippen LogP contribution in [-0.2, 0) is 14.8 Å². The van der Waals surface area contributed by atoms with Crippen LogP contribution in [0.1, 0.15) is 32.1 Å². The van der Waals surface area contributed by atoms with E-state index in [1.807, 2.05) is 0 Å². The summed E-state index contributed by atoms with van der Waals surface area (Å²) in [4.78, 5) is 11.4. The number of rotatable bonds is 4. The number of nitrogens with zero attached hydrogens (tertiary/aromatic N) is 1. The van der Waals surface area contributed by atoms with E-state index in [0.29, 0.717) is 5.69 Å². The van der Waals surface area contributed by atoms with E-state index in [1.54, 1.807) is 19.2 Å². The van der Waals surface area contributed by atoms with E-state index in [1.165, 1.54) is 30.0 Å². The lowest BCUT2D eigenvalue weighted by molar-refractivity contribution is 0.187. The van der Waals surface area contributed by atoms with Crippen LogP contribution in [0.25, 0.3) is 0 Å². The number of nitrogens with one attached hydrogen (secondary N) is 1. The van der Waals surface area contributed by atoms with Crippen molar-refractivity contribution in [2.75, 3.05) is 19.5 Å². The van der Waals surface area contributed by atoms with Gasteiger partial charge in [0, 0.05) is 18.8 Å². The van der Waals surface area contributed by atoms with Crippen LogP contribution in [0.15, 0.2) is 29.2 Å². The van der Waals surface area contributed by atoms with Gasteiger partial charge >= 0.3 is 6.09 Å². The van der Waals surface area contributed by atoms with Gasteiger partial charge in [0.15, 0.2) is 0 Å². The first-order valence-corrected chi connectivity index (χ1v) is 8.82. The molecule has 0 spiro atoms. The van der Waals surface area contributed by atoms with Gasteiger partial charge in [-0.25, -0.2) is 13.2 Å². The lowest BCUT2D eigenvalue weighted by Gasteiger charge is -2.30. The lowest BCUT2D eigenvalue weighted by atomic mass is 9.96. The first-order chi connectivity index (χ1) is 10.4. The molecule has 0 atom stereocenters. The van der Waals surface area contributed by atoms with E-state index in [-0.39, 0.29) is 10.9 Å². The second-order valence-corrected chi connectivity index (χ2v) is 7.45. The number of ether oxygens (including phenoxy) is 1. The van der Waals surface area contributed by atoms with Crippen LogP contribution in [0.3, 0.4) is 0 Å². The number of anilines is 1. The summed E-state index contributed by atoms with van der Waals surface area (Å²) in [5.41, 5.74) is 0.492. The fourth-order valence-corrected chi connectivity index (χ4v) is 4.10. The first kappa shape index (κ1) is 16.8. The van der Waals surface area contributed by atoms with Gasteiger partial charge in [-0.05, 0) is 37.1 Å². The third kappa shape index (κ3) is 3.78. The molecule has 0 unspecified atom stereocenters. The highest BCUT2D eigenvalue weighted by Gasteiger charge is 2.28. The molecular formula is C15H22N2O4S. The number of hydrogen-bond donors (Lipinski definition) is 1. The Morgan fingerprint density at radius 1 is 1.18 bits per heavy atom. The summed E-state index contributed by atoms with van der Waals surface area (Å²) < 4.78 is 31.2. The molecule has 0 heterocycles. The van der Waals surface area contributed by atoms with Crippen LogP contribution in [-0.4, -0.2) is 39.0 Å². The normalized spacial score (nSPS) is 16.5. The van der Waals surface area contributed by atoms with Crippen molar-refractivity contribution in [3.8, 4) is 0 Å². The number of sulfonamides is 1. The fourth-order valence-electron chi connectivity index (χ4n) is 2.69. The van der Waals surface area contributed by atoms with Gasteiger partial charge in [0.2, 0.25) is 10.0 Å². The molecule has 122 valence electrons. The van der Waals surface area contributed by atoms with Gasteiger partial charge in [-0.3, -0.25) is 5.32 Å². The van der Waals surface area contributed by atoms with Crippen LogP contribution >= 0.6 is 0 Å². The Bertz CT molecular complexity index is 607. The molecule has 1 amide bonds. The summed E-state index contributed by atoms with van der Waals surface area (Å²) in [5.74, 6) is 0. The van der Waals surface area contributed by atoms with Gasteiger partial charge in [0.05, 0.1) is 12.0 Å². The molecule has 1 fully saturated rings. The molecule has 7 heteroatoms. The molecule has 1 aliphatic rings. The van der Waals surface area contributed by atoms with Crippen LogP contribution in [0.4, 0.5) is 10.5 Å². The maximum atomic E-state index is 12.6. The molecule has 0 aromatic heterocycles. The van der Waals surface area contributed by atoms with Crippen LogP contribution in [0, 0.1) is 0 Å². The van der Waals surface area contributed by atoms with Gasteiger partial charge in [-0.15, -0.1) is 0 Å². The minimum Gasteiger partial charge on any atom is -0.453 e. The average molecular weight is 326 g/mol. The molecule has 1 aromatic carbocycles. The molecule has 0 bridgehead atoms. The van der Waals surface area contributed by atoms with Crippen molar-refractivity contribution >= 4 is 21.8 Å². The minimum atomic E-state index is -3.50. The Morgan fingerprint density at radius 2 is 1.77 bits per heavy atom. The second-order valence-electron chi connectivity index (χ2n) is 5.45. The van der Waals surface area contributed by atoms with E-state index >= 15 is 0 Å². The Kier molecular flexibility index (Phi) is 5.42. The maximum Gasteiger partial charge on any atom is 0.411 e. The molecule has 6 nitrogen and oxygen atoms in total. The highest BCUT2D eigenvalue weighted by molar-refractivity contribution is 7.89. The standard InChI is InChI=1S/C15H22N2O4S/c1-17(13-6-4-3-5-7-13)22(19,20)14-10-8-12(9-11-14)16-15(18)21-2/h8-11,13H,3-7H2,1-2H3,(H,16,18). The van der Waals surface area contributed by atoms with Crippen molar-refractivity contribution in [2.24, 2.45) is 0 Å². The molecule has 0 radical (unpaired) electrons.